The van der Waals surface area contributed by atoms with Gasteiger partial charge in [-0.1, -0.05) is 36.0 Å². The van der Waals surface area contributed by atoms with Gasteiger partial charge in [0.15, 0.2) is 0 Å². The highest BCUT2D eigenvalue weighted by Crippen LogP contribution is 2.24. The number of rotatable bonds is 6. The van der Waals surface area contributed by atoms with Gasteiger partial charge in [-0.15, -0.1) is 0 Å². The third kappa shape index (κ3) is 4.58. The zero-order chi connectivity index (χ0) is 15.2. The number of ether oxygens (including phenoxy) is 2. The van der Waals surface area contributed by atoms with Gasteiger partial charge in [0, 0.05) is 5.56 Å². The quantitative estimate of drug-likeness (QED) is 0.651. The van der Waals surface area contributed by atoms with Gasteiger partial charge in [-0.05, 0) is 30.3 Å². The van der Waals surface area contributed by atoms with Crippen LogP contribution in [0.25, 0.3) is 0 Å². The highest BCUT2D eigenvalue weighted by Gasteiger charge is 2.03. The highest BCUT2D eigenvalue weighted by molar-refractivity contribution is 7.80. The Labute approximate surface area is 132 Å². The average molecular weight is 326 g/mol. The Balaban J connectivity index is 1.84. The Morgan fingerprint density at radius 3 is 2.62 bits per heavy atom. The lowest BCUT2D eigenvalue weighted by Crippen LogP contribution is -2.11. The molecule has 0 aliphatic carbocycles. The second kappa shape index (κ2) is 7.24. The minimum absolute atomic E-state index is 0.227. The molecule has 0 bridgehead atoms. The molecule has 0 heterocycles. The molecule has 0 aliphatic heterocycles. The monoisotopic (exact) mass is 325 g/mol. The predicted octanol–water partition coefficient (Wildman–Crippen LogP) is 3.57. The van der Waals surface area contributed by atoms with E-state index in [0.29, 0.717) is 23.1 Å². The maximum absolute atomic E-state index is 12.9. The second-order valence-corrected chi connectivity index (χ2v) is 5.01. The first-order chi connectivity index (χ1) is 10.1. The van der Waals surface area contributed by atoms with Crippen LogP contribution in [0.1, 0.15) is 5.56 Å². The zero-order valence-corrected chi connectivity index (χ0v) is 12.6. The molecule has 2 aromatic carbocycles. The molecule has 0 radical (unpaired) electrons. The fourth-order valence-corrected chi connectivity index (χ4v) is 1.99. The van der Waals surface area contributed by atoms with Crippen LogP contribution in [-0.2, 0) is 0 Å². The lowest BCUT2D eigenvalue weighted by atomic mass is 10.2. The fraction of sp³-hybridized carbons (Fsp3) is 0.133. The Hall–Kier alpha value is -1.85. The van der Waals surface area contributed by atoms with Crippen LogP contribution in [-0.4, -0.2) is 18.2 Å². The maximum atomic E-state index is 12.9. The van der Waals surface area contributed by atoms with E-state index in [9.17, 15) is 4.39 Å². The minimum Gasteiger partial charge on any atom is -0.490 e. The Morgan fingerprint density at radius 1 is 1.14 bits per heavy atom. The number of benzene rings is 2. The van der Waals surface area contributed by atoms with Crippen LogP contribution >= 0.6 is 23.8 Å². The molecule has 110 valence electrons. The lowest BCUT2D eigenvalue weighted by molar-refractivity contribution is 0.217. The van der Waals surface area contributed by atoms with Crippen LogP contribution in [0.5, 0.6) is 11.5 Å². The van der Waals surface area contributed by atoms with E-state index in [4.69, 9.17) is 39.0 Å². The highest BCUT2D eigenvalue weighted by atomic mass is 35.5. The minimum atomic E-state index is -0.404. The van der Waals surface area contributed by atoms with Crippen molar-refractivity contribution in [1.29, 1.82) is 0 Å². The summed E-state index contributed by atoms with van der Waals surface area (Å²) in [5.74, 6) is 0.658. The molecule has 0 aromatic heterocycles. The van der Waals surface area contributed by atoms with E-state index in [1.165, 1.54) is 18.2 Å². The van der Waals surface area contributed by atoms with E-state index in [2.05, 4.69) is 0 Å². The summed E-state index contributed by atoms with van der Waals surface area (Å²) in [6.45, 7) is 0.594. The molecule has 3 nitrogen and oxygen atoms in total. The van der Waals surface area contributed by atoms with Crippen molar-refractivity contribution < 1.29 is 13.9 Å². The van der Waals surface area contributed by atoms with E-state index >= 15 is 0 Å². The van der Waals surface area contributed by atoms with Crippen molar-refractivity contribution in [3.63, 3.8) is 0 Å². The number of nitrogens with two attached hydrogens (primary N) is 1. The first-order valence-electron chi connectivity index (χ1n) is 6.17. The number of thiocarbonyl (C=S) groups is 1. The van der Waals surface area contributed by atoms with Crippen molar-refractivity contribution in [3.8, 4) is 11.5 Å². The van der Waals surface area contributed by atoms with Gasteiger partial charge in [0.1, 0.15) is 35.5 Å². The number of hydrogen-bond acceptors (Lipinski definition) is 3. The molecule has 2 N–H and O–H groups in total. The maximum Gasteiger partial charge on any atom is 0.138 e. The summed E-state index contributed by atoms with van der Waals surface area (Å²) in [6, 6.07) is 11.1. The molecule has 2 aromatic rings. The Bertz CT molecular complexity index is 651. The molecule has 0 spiro atoms. The van der Waals surface area contributed by atoms with Gasteiger partial charge in [-0.25, -0.2) is 4.39 Å². The Morgan fingerprint density at radius 2 is 1.90 bits per heavy atom. The third-order valence-corrected chi connectivity index (χ3v) is 3.15. The van der Waals surface area contributed by atoms with Gasteiger partial charge in [-0.3, -0.25) is 0 Å². The summed E-state index contributed by atoms with van der Waals surface area (Å²) in [4.78, 5) is 0.315. The van der Waals surface area contributed by atoms with Gasteiger partial charge in [0.25, 0.3) is 0 Å². The third-order valence-electron chi connectivity index (χ3n) is 2.62. The standard InChI is InChI=1S/C15H13ClFNO2S/c16-13-9-11(17)4-5-14(13)20-7-6-19-12-3-1-2-10(8-12)15(18)21/h1-5,8-9H,6-7H2,(H2,18,21). The first kappa shape index (κ1) is 15.5. The summed E-state index contributed by atoms with van der Waals surface area (Å²) < 4.78 is 23.8. The SMILES string of the molecule is NC(=S)c1cccc(OCCOc2ccc(F)cc2Cl)c1. The summed E-state index contributed by atoms with van der Waals surface area (Å²) in [7, 11) is 0. The largest absolute Gasteiger partial charge is 0.490 e. The van der Waals surface area contributed by atoms with Crippen molar-refractivity contribution in [1.82, 2.24) is 0 Å². The molecule has 2 rings (SSSR count). The molecule has 0 saturated heterocycles. The molecule has 0 atom stereocenters. The predicted molar refractivity (Wildman–Crippen MR) is 84.7 cm³/mol. The van der Waals surface area contributed by atoms with E-state index in [-0.39, 0.29) is 11.6 Å². The first-order valence-corrected chi connectivity index (χ1v) is 6.95. The molecular formula is C15H13ClFNO2S. The van der Waals surface area contributed by atoms with E-state index < -0.39 is 5.82 Å². The second-order valence-electron chi connectivity index (χ2n) is 4.16. The molecule has 0 fully saturated rings. The normalized spacial score (nSPS) is 10.2. The van der Waals surface area contributed by atoms with Crippen molar-refractivity contribution >= 4 is 28.8 Å². The molecule has 6 heteroatoms. The van der Waals surface area contributed by atoms with Gasteiger partial charge in [-0.2, -0.15) is 0 Å². The van der Waals surface area contributed by atoms with E-state index in [1.807, 2.05) is 12.1 Å². The van der Waals surface area contributed by atoms with Gasteiger partial charge >= 0.3 is 0 Å². The van der Waals surface area contributed by atoms with Crippen molar-refractivity contribution in [3.05, 3.63) is 58.9 Å². The van der Waals surface area contributed by atoms with Crippen LogP contribution in [0.4, 0.5) is 4.39 Å². The number of halogens is 2. The average Bonchev–Trinajstić information content (AvgIpc) is 2.45. The fourth-order valence-electron chi connectivity index (χ4n) is 1.64. The van der Waals surface area contributed by atoms with Crippen LogP contribution in [0.15, 0.2) is 42.5 Å². The summed E-state index contributed by atoms with van der Waals surface area (Å²) in [5.41, 5.74) is 6.29. The molecule has 0 unspecified atom stereocenters. The molecule has 21 heavy (non-hydrogen) atoms. The van der Waals surface area contributed by atoms with E-state index in [1.54, 1.807) is 12.1 Å². The smallest absolute Gasteiger partial charge is 0.138 e. The van der Waals surface area contributed by atoms with Crippen molar-refractivity contribution in [2.75, 3.05) is 13.2 Å². The van der Waals surface area contributed by atoms with E-state index in [0.717, 1.165) is 5.56 Å². The van der Waals surface area contributed by atoms with Crippen LogP contribution < -0.4 is 15.2 Å². The van der Waals surface area contributed by atoms with Gasteiger partial charge in [0.2, 0.25) is 0 Å². The van der Waals surface area contributed by atoms with Crippen molar-refractivity contribution in [2.24, 2.45) is 5.73 Å². The lowest BCUT2D eigenvalue weighted by Gasteiger charge is -2.10. The molecule has 0 aliphatic rings. The summed E-state index contributed by atoms with van der Waals surface area (Å²) in [6.07, 6.45) is 0. The van der Waals surface area contributed by atoms with Gasteiger partial charge < -0.3 is 15.2 Å². The zero-order valence-electron chi connectivity index (χ0n) is 11.0. The van der Waals surface area contributed by atoms with Crippen LogP contribution in [0.3, 0.4) is 0 Å². The summed E-state index contributed by atoms with van der Waals surface area (Å²) >= 11 is 10.7. The summed E-state index contributed by atoms with van der Waals surface area (Å²) in [5, 5.41) is 0.227. The Kier molecular flexibility index (Phi) is 5.36. The number of hydrogen-bond donors (Lipinski definition) is 1. The van der Waals surface area contributed by atoms with Gasteiger partial charge in [0.05, 0.1) is 5.02 Å². The topological polar surface area (TPSA) is 44.5 Å². The molecule has 0 saturated carbocycles. The van der Waals surface area contributed by atoms with Crippen molar-refractivity contribution in [2.45, 2.75) is 0 Å². The molecular weight excluding hydrogens is 313 g/mol. The van der Waals surface area contributed by atoms with Crippen LogP contribution in [0.2, 0.25) is 5.02 Å². The molecule has 0 amide bonds. The van der Waals surface area contributed by atoms with Crippen LogP contribution in [0, 0.1) is 5.82 Å².